The quantitative estimate of drug-likeness (QED) is 0.390. The van der Waals surface area contributed by atoms with Gasteiger partial charge >= 0.3 is 0 Å². The fraction of sp³-hybridized carbons (Fsp3) is 0.920. The lowest BCUT2D eigenvalue weighted by Gasteiger charge is -2.33. The van der Waals surface area contributed by atoms with Gasteiger partial charge in [0.2, 0.25) is 0 Å². The molecule has 0 aliphatic carbocycles. The molecule has 0 atom stereocenters. The molecule has 0 radical (unpaired) electrons. The Morgan fingerprint density at radius 3 is 1.97 bits per heavy atom. The fourth-order valence-corrected chi connectivity index (χ4v) is 3.34. The molecule has 29 heavy (non-hydrogen) atoms. The normalized spacial score (nSPS) is 13.4. The molecule has 0 unspecified atom stereocenters. The zero-order chi connectivity index (χ0) is 23.1. The summed E-state index contributed by atoms with van der Waals surface area (Å²) in [4.78, 5) is 0. The molecule has 0 N–H and O–H groups in total. The topological polar surface area (TPSA) is 39.9 Å². The van der Waals surface area contributed by atoms with Crippen molar-refractivity contribution < 1.29 is 4.74 Å². The van der Waals surface area contributed by atoms with Gasteiger partial charge in [-0.1, -0.05) is 102 Å². The predicted octanol–water partition coefficient (Wildman–Crippen LogP) is 7.13. The maximum Gasteiger partial charge on any atom is 0.0883 e. The van der Waals surface area contributed by atoms with Crippen LogP contribution in [-0.2, 0) is 16.7 Å². The Balaban J connectivity index is 0.00000379. The summed E-state index contributed by atoms with van der Waals surface area (Å²) in [5.74, 6) is 0.605. The van der Waals surface area contributed by atoms with E-state index in [0.717, 1.165) is 31.9 Å². The minimum atomic E-state index is 0.0187. The van der Waals surface area contributed by atoms with Gasteiger partial charge in [-0.05, 0) is 23.2 Å². The predicted molar refractivity (Wildman–Crippen MR) is 126 cm³/mol. The molecule has 0 spiro atoms. The average molecular weight is 410 g/mol. The third-order valence-corrected chi connectivity index (χ3v) is 6.23. The van der Waals surface area contributed by atoms with Crippen LogP contribution < -0.4 is 0 Å². The first-order valence-electron chi connectivity index (χ1n) is 11.6. The van der Waals surface area contributed by atoms with E-state index in [4.69, 9.17) is 4.74 Å². The summed E-state index contributed by atoms with van der Waals surface area (Å²) in [5.41, 5.74) is 1.64. The minimum absolute atomic E-state index is 0.0187. The van der Waals surface area contributed by atoms with Gasteiger partial charge in [-0.2, -0.15) is 0 Å². The van der Waals surface area contributed by atoms with Gasteiger partial charge in [-0.25, -0.2) is 0 Å². The van der Waals surface area contributed by atoms with Crippen LogP contribution in [0.3, 0.4) is 0 Å². The summed E-state index contributed by atoms with van der Waals surface area (Å²) in [6.07, 6.45) is 4.40. The van der Waals surface area contributed by atoms with Crippen molar-refractivity contribution in [1.82, 2.24) is 15.0 Å². The summed E-state index contributed by atoms with van der Waals surface area (Å²) in [6.45, 7) is 31.3. The van der Waals surface area contributed by atoms with Crippen LogP contribution >= 0.6 is 0 Å². The number of hydrogen-bond acceptors (Lipinski definition) is 3. The lowest BCUT2D eigenvalue weighted by atomic mass is 9.72. The number of rotatable bonds is 11. The molecular weight excluding hydrogens is 358 g/mol. The van der Waals surface area contributed by atoms with Gasteiger partial charge in [-0.3, -0.25) is 4.68 Å². The molecule has 0 aromatic carbocycles. The first-order chi connectivity index (χ1) is 13.1. The van der Waals surface area contributed by atoms with E-state index >= 15 is 0 Å². The summed E-state index contributed by atoms with van der Waals surface area (Å²) in [6, 6.07) is 0. The van der Waals surface area contributed by atoms with Crippen LogP contribution in [0.25, 0.3) is 0 Å². The summed E-state index contributed by atoms with van der Waals surface area (Å²) in [7, 11) is 0. The van der Waals surface area contributed by atoms with Crippen LogP contribution in [0.1, 0.15) is 109 Å². The monoisotopic (exact) mass is 409 g/mol. The summed E-state index contributed by atoms with van der Waals surface area (Å²) >= 11 is 0. The fourth-order valence-electron chi connectivity index (χ4n) is 3.34. The van der Waals surface area contributed by atoms with E-state index < -0.39 is 0 Å². The number of nitrogens with zero attached hydrogens (tertiary/aromatic N) is 3. The van der Waals surface area contributed by atoms with Gasteiger partial charge in [0.15, 0.2) is 0 Å². The van der Waals surface area contributed by atoms with E-state index in [-0.39, 0.29) is 16.2 Å². The Morgan fingerprint density at radius 1 is 0.931 bits per heavy atom. The molecule has 0 bridgehead atoms. The van der Waals surface area contributed by atoms with Gasteiger partial charge in [-0.15, -0.1) is 5.10 Å². The molecule has 0 saturated heterocycles. The third kappa shape index (κ3) is 9.63. The van der Waals surface area contributed by atoms with E-state index in [1.807, 2.05) is 18.5 Å². The number of aromatic nitrogens is 3. The Morgan fingerprint density at radius 2 is 1.48 bits per heavy atom. The Kier molecular flexibility index (Phi) is 10.6. The summed E-state index contributed by atoms with van der Waals surface area (Å²) in [5, 5.41) is 8.93. The van der Waals surface area contributed by atoms with Gasteiger partial charge in [0.25, 0.3) is 0 Å². The van der Waals surface area contributed by atoms with Crippen LogP contribution in [0, 0.1) is 22.2 Å². The molecule has 172 valence electrons. The first-order valence-corrected chi connectivity index (χ1v) is 11.6. The van der Waals surface area contributed by atoms with Crippen molar-refractivity contribution in [3.8, 4) is 0 Å². The highest BCUT2D eigenvalue weighted by atomic mass is 16.5. The van der Waals surface area contributed by atoms with Crippen molar-refractivity contribution in [2.24, 2.45) is 22.2 Å². The van der Waals surface area contributed by atoms with E-state index in [1.165, 1.54) is 6.42 Å². The van der Waals surface area contributed by atoms with Crippen molar-refractivity contribution >= 4 is 0 Å². The van der Waals surface area contributed by atoms with Crippen molar-refractivity contribution in [2.45, 2.75) is 115 Å². The molecule has 0 amide bonds. The maximum absolute atomic E-state index is 6.09. The lowest BCUT2D eigenvalue weighted by Crippen LogP contribution is -2.31. The van der Waals surface area contributed by atoms with Crippen LogP contribution in [0.4, 0.5) is 0 Å². The molecule has 1 aromatic rings. The highest BCUT2D eigenvalue weighted by Gasteiger charge is 2.32. The molecule has 4 heteroatoms. The second-order valence-electron chi connectivity index (χ2n) is 11.7. The first kappa shape index (κ1) is 28.1. The minimum Gasteiger partial charge on any atom is -0.380 e. The highest BCUT2D eigenvalue weighted by molar-refractivity contribution is 5.10. The lowest BCUT2D eigenvalue weighted by molar-refractivity contribution is -0.00695. The van der Waals surface area contributed by atoms with Gasteiger partial charge in [0.05, 0.1) is 18.9 Å². The Labute approximate surface area is 182 Å². The van der Waals surface area contributed by atoms with Crippen LogP contribution in [0.2, 0.25) is 0 Å². The Hall–Kier alpha value is -0.900. The standard InChI is InChI=1S/C23H45N3O.C2H6/c1-12-20(4,5)14-22(8,9)19-13-26(25-24-19)15-21(6,7)16-27-17-23(10,11)18(2)3;1-2/h13,18H,12,14-17H2,1-11H3;1-2H3. The van der Waals surface area contributed by atoms with E-state index in [2.05, 4.69) is 92.7 Å². The molecule has 4 nitrogen and oxygen atoms in total. The number of hydrogen-bond donors (Lipinski definition) is 0. The zero-order valence-corrected chi connectivity index (χ0v) is 21.9. The number of ether oxygens (including phenoxy) is 1. The third-order valence-electron chi connectivity index (χ3n) is 6.23. The van der Waals surface area contributed by atoms with Crippen molar-refractivity contribution in [1.29, 1.82) is 0 Å². The van der Waals surface area contributed by atoms with Gasteiger partial charge in [0, 0.05) is 23.6 Å². The highest BCUT2D eigenvalue weighted by Crippen LogP contribution is 2.37. The molecule has 0 aliphatic rings. The van der Waals surface area contributed by atoms with Crippen LogP contribution in [0.15, 0.2) is 6.20 Å². The van der Waals surface area contributed by atoms with E-state index in [0.29, 0.717) is 11.3 Å². The zero-order valence-electron chi connectivity index (χ0n) is 21.9. The second-order valence-corrected chi connectivity index (χ2v) is 11.7. The molecule has 0 aliphatic heterocycles. The Bertz CT molecular complexity index is 583. The molecule has 1 aromatic heterocycles. The van der Waals surface area contributed by atoms with E-state index in [1.54, 1.807) is 0 Å². The van der Waals surface area contributed by atoms with Gasteiger partial charge in [0.1, 0.15) is 0 Å². The van der Waals surface area contributed by atoms with Gasteiger partial charge < -0.3 is 4.74 Å². The van der Waals surface area contributed by atoms with E-state index in [9.17, 15) is 0 Å². The molecule has 1 rings (SSSR count). The SMILES string of the molecule is CC.CCC(C)(C)CC(C)(C)c1cn(CC(C)(C)COCC(C)(C)C(C)C)nn1. The maximum atomic E-state index is 6.09. The van der Waals surface area contributed by atoms with Crippen LogP contribution in [0.5, 0.6) is 0 Å². The van der Waals surface area contributed by atoms with Crippen molar-refractivity contribution in [2.75, 3.05) is 13.2 Å². The second kappa shape index (κ2) is 10.9. The van der Waals surface area contributed by atoms with Crippen molar-refractivity contribution in [3.63, 3.8) is 0 Å². The smallest absolute Gasteiger partial charge is 0.0883 e. The largest absolute Gasteiger partial charge is 0.380 e. The van der Waals surface area contributed by atoms with Crippen LogP contribution in [-0.4, -0.2) is 28.2 Å². The summed E-state index contributed by atoms with van der Waals surface area (Å²) < 4.78 is 8.08. The van der Waals surface area contributed by atoms with Crippen molar-refractivity contribution in [3.05, 3.63) is 11.9 Å². The molecule has 0 saturated carbocycles. The molecule has 0 fully saturated rings. The molecular formula is C25H51N3O. The average Bonchev–Trinajstić information content (AvgIpc) is 3.04. The molecule has 1 heterocycles.